The summed E-state index contributed by atoms with van der Waals surface area (Å²) >= 11 is 0. The second-order valence-corrected chi connectivity index (χ2v) is 2.18. The molecule has 2 atom stereocenters. The molecule has 2 N–H and O–H groups in total. The molecule has 2 heteroatoms. The van der Waals surface area contributed by atoms with Crippen molar-refractivity contribution in [3.05, 3.63) is 24.8 Å². The topological polar surface area (TPSA) is 40.5 Å². The maximum absolute atomic E-state index is 8.98. The first kappa shape index (κ1) is 9.40. The van der Waals surface area contributed by atoms with Crippen LogP contribution >= 0.6 is 0 Å². The summed E-state index contributed by atoms with van der Waals surface area (Å²) in [5, 5.41) is 17.8. The van der Waals surface area contributed by atoms with Crippen molar-refractivity contribution in [1.29, 1.82) is 0 Å². The summed E-state index contributed by atoms with van der Waals surface area (Å²) in [4.78, 5) is 0. The first-order valence-electron chi connectivity index (χ1n) is 3.32. The van der Waals surface area contributed by atoms with Gasteiger partial charge in [-0.3, -0.25) is 0 Å². The molecule has 0 aliphatic carbocycles. The average Bonchev–Trinajstić information content (AvgIpc) is 1.88. The Bertz CT molecular complexity index is 116. The van der Waals surface area contributed by atoms with Gasteiger partial charge in [0.1, 0.15) is 0 Å². The fourth-order valence-electron chi connectivity index (χ4n) is 0.475. The molecule has 0 saturated carbocycles. The van der Waals surface area contributed by atoms with Gasteiger partial charge in [-0.2, -0.15) is 0 Å². The molecule has 0 heterocycles. The molecule has 0 aliphatic heterocycles. The van der Waals surface area contributed by atoms with Crippen molar-refractivity contribution in [3.63, 3.8) is 0 Å². The van der Waals surface area contributed by atoms with Gasteiger partial charge in [-0.1, -0.05) is 18.2 Å². The van der Waals surface area contributed by atoms with E-state index in [1.54, 1.807) is 25.2 Å². The van der Waals surface area contributed by atoms with Gasteiger partial charge < -0.3 is 10.2 Å². The first-order chi connectivity index (χ1) is 4.68. The highest BCUT2D eigenvalue weighted by molar-refractivity contribution is 4.94. The minimum atomic E-state index is -0.750. The Hall–Kier alpha value is -0.600. The van der Waals surface area contributed by atoms with Crippen molar-refractivity contribution in [1.82, 2.24) is 0 Å². The van der Waals surface area contributed by atoms with E-state index in [1.165, 1.54) is 0 Å². The fourth-order valence-corrected chi connectivity index (χ4v) is 0.475. The highest BCUT2D eigenvalue weighted by Gasteiger charge is 2.04. The zero-order valence-electron chi connectivity index (χ0n) is 6.20. The predicted molar refractivity (Wildman–Crippen MR) is 41.6 cm³/mol. The smallest absolute Gasteiger partial charge is 0.0977 e. The van der Waals surface area contributed by atoms with E-state index in [9.17, 15) is 0 Å². The second kappa shape index (κ2) is 5.21. The summed E-state index contributed by atoms with van der Waals surface area (Å²) in [6.07, 6.45) is 4.34. The van der Waals surface area contributed by atoms with Gasteiger partial charge in [-0.15, -0.1) is 6.58 Å². The van der Waals surface area contributed by atoms with Gasteiger partial charge >= 0.3 is 0 Å². The molecular weight excluding hydrogens is 128 g/mol. The monoisotopic (exact) mass is 142 g/mol. The van der Waals surface area contributed by atoms with Crippen molar-refractivity contribution in [2.24, 2.45) is 0 Å². The van der Waals surface area contributed by atoms with Crippen LogP contribution < -0.4 is 0 Å². The molecule has 0 aromatic rings. The van der Waals surface area contributed by atoms with Crippen LogP contribution in [0.2, 0.25) is 0 Å². The minimum absolute atomic E-state index is 0.693. The van der Waals surface area contributed by atoms with Gasteiger partial charge in [0.05, 0.1) is 12.2 Å². The van der Waals surface area contributed by atoms with Crippen LogP contribution in [0, 0.1) is 0 Å². The molecule has 0 aromatic carbocycles. The lowest BCUT2D eigenvalue weighted by Crippen LogP contribution is -2.19. The molecule has 2 nitrogen and oxygen atoms in total. The quantitative estimate of drug-likeness (QED) is 0.571. The maximum atomic E-state index is 8.98. The molecular formula is C8H14O2. The Labute approximate surface area is 61.5 Å². The van der Waals surface area contributed by atoms with Crippen molar-refractivity contribution in [2.45, 2.75) is 25.6 Å². The lowest BCUT2D eigenvalue weighted by atomic mass is 10.2. The molecule has 2 unspecified atom stereocenters. The van der Waals surface area contributed by atoms with Crippen LogP contribution in [0.1, 0.15) is 13.3 Å². The molecule has 0 aliphatic rings. The normalized spacial score (nSPS) is 17.1. The zero-order chi connectivity index (χ0) is 7.98. The fraction of sp³-hybridized carbons (Fsp3) is 0.500. The van der Waals surface area contributed by atoms with E-state index in [0.29, 0.717) is 0 Å². The number of aliphatic hydroxyl groups excluding tert-OH is 2. The van der Waals surface area contributed by atoms with Crippen LogP contribution in [-0.2, 0) is 0 Å². The summed E-state index contributed by atoms with van der Waals surface area (Å²) in [5.41, 5.74) is 0. The number of aliphatic hydroxyl groups is 2. The Kier molecular flexibility index (Phi) is 4.89. The third-order valence-electron chi connectivity index (χ3n) is 1.13. The average molecular weight is 142 g/mol. The lowest BCUT2D eigenvalue weighted by Gasteiger charge is -2.06. The summed E-state index contributed by atoms with van der Waals surface area (Å²) < 4.78 is 0. The summed E-state index contributed by atoms with van der Waals surface area (Å²) in [6.45, 7) is 5.05. The van der Waals surface area contributed by atoms with Crippen LogP contribution in [0.3, 0.4) is 0 Å². The molecule has 0 amide bonds. The highest BCUT2D eigenvalue weighted by atomic mass is 16.3. The Morgan fingerprint density at radius 1 is 1.50 bits per heavy atom. The maximum Gasteiger partial charge on any atom is 0.0977 e. The standard InChI is InChI=1S/C8H14O2/c1-3-4-5-6-8(10)7(2)9/h3,5-10H,1,4H2,2H3/b6-5+. The van der Waals surface area contributed by atoms with Crippen molar-refractivity contribution in [3.8, 4) is 0 Å². The molecule has 0 spiro atoms. The van der Waals surface area contributed by atoms with Crippen molar-refractivity contribution >= 4 is 0 Å². The number of hydrogen-bond donors (Lipinski definition) is 2. The van der Waals surface area contributed by atoms with Crippen LogP contribution in [0.4, 0.5) is 0 Å². The van der Waals surface area contributed by atoms with Crippen LogP contribution in [0.25, 0.3) is 0 Å². The van der Waals surface area contributed by atoms with Crippen LogP contribution in [-0.4, -0.2) is 22.4 Å². The first-order valence-corrected chi connectivity index (χ1v) is 3.32. The van der Waals surface area contributed by atoms with E-state index >= 15 is 0 Å². The molecule has 0 radical (unpaired) electrons. The molecule has 0 bridgehead atoms. The second-order valence-electron chi connectivity index (χ2n) is 2.18. The van der Waals surface area contributed by atoms with E-state index in [1.807, 2.05) is 0 Å². The van der Waals surface area contributed by atoms with Crippen LogP contribution in [0.5, 0.6) is 0 Å². The van der Waals surface area contributed by atoms with Gasteiger partial charge in [0.2, 0.25) is 0 Å². The van der Waals surface area contributed by atoms with E-state index < -0.39 is 12.2 Å². The molecule has 0 saturated heterocycles. The number of hydrogen-bond acceptors (Lipinski definition) is 2. The van der Waals surface area contributed by atoms with Crippen molar-refractivity contribution < 1.29 is 10.2 Å². The van der Waals surface area contributed by atoms with Crippen LogP contribution in [0.15, 0.2) is 24.8 Å². The molecule has 58 valence electrons. The van der Waals surface area contributed by atoms with Gasteiger partial charge in [-0.05, 0) is 13.3 Å². The summed E-state index contributed by atoms with van der Waals surface area (Å²) in [6, 6.07) is 0. The molecule has 0 rings (SSSR count). The van der Waals surface area contributed by atoms with E-state index in [-0.39, 0.29) is 0 Å². The van der Waals surface area contributed by atoms with Gasteiger partial charge in [0.15, 0.2) is 0 Å². The van der Waals surface area contributed by atoms with Gasteiger partial charge in [0, 0.05) is 0 Å². The Morgan fingerprint density at radius 2 is 2.10 bits per heavy atom. The van der Waals surface area contributed by atoms with E-state index in [2.05, 4.69) is 6.58 Å². The molecule has 0 fully saturated rings. The molecule has 0 aromatic heterocycles. The minimum Gasteiger partial charge on any atom is -0.390 e. The SMILES string of the molecule is C=CC/C=C/C(O)C(C)O. The number of rotatable bonds is 4. The summed E-state index contributed by atoms with van der Waals surface area (Å²) in [5.74, 6) is 0. The zero-order valence-corrected chi connectivity index (χ0v) is 6.20. The predicted octanol–water partition coefficient (Wildman–Crippen LogP) is 0.860. The highest BCUT2D eigenvalue weighted by Crippen LogP contribution is 1.94. The summed E-state index contributed by atoms with van der Waals surface area (Å²) in [7, 11) is 0. The number of allylic oxidation sites excluding steroid dienone is 2. The van der Waals surface area contributed by atoms with Crippen molar-refractivity contribution in [2.75, 3.05) is 0 Å². The largest absolute Gasteiger partial charge is 0.390 e. The third kappa shape index (κ3) is 4.30. The van der Waals surface area contributed by atoms with Gasteiger partial charge in [-0.25, -0.2) is 0 Å². The Morgan fingerprint density at radius 3 is 2.50 bits per heavy atom. The van der Waals surface area contributed by atoms with E-state index in [4.69, 9.17) is 10.2 Å². The van der Waals surface area contributed by atoms with Gasteiger partial charge in [0.25, 0.3) is 0 Å². The molecule has 10 heavy (non-hydrogen) atoms. The van der Waals surface area contributed by atoms with E-state index in [0.717, 1.165) is 6.42 Å². The lowest BCUT2D eigenvalue weighted by molar-refractivity contribution is 0.0618. The Balaban J connectivity index is 3.54. The third-order valence-corrected chi connectivity index (χ3v) is 1.13.